The largest absolute Gasteiger partial charge is 0.495 e. The molecule has 2 aromatic rings. The predicted molar refractivity (Wildman–Crippen MR) is 109 cm³/mol. The Morgan fingerprint density at radius 2 is 1.48 bits per heavy atom. The smallest absolute Gasteiger partial charge is 0.262 e. The summed E-state index contributed by atoms with van der Waals surface area (Å²) in [7, 11) is 1.68. The molecular formula is C19H24N2O7S. The summed E-state index contributed by atoms with van der Waals surface area (Å²) in [5, 5.41) is 2.67. The first-order valence-electron chi connectivity index (χ1n) is 8.60. The van der Waals surface area contributed by atoms with Gasteiger partial charge < -0.3 is 24.3 Å². The van der Waals surface area contributed by atoms with E-state index in [1.165, 1.54) is 52.7 Å². The van der Waals surface area contributed by atoms with E-state index in [0.717, 1.165) is 0 Å². The molecule has 2 rings (SSSR count). The highest BCUT2D eigenvalue weighted by atomic mass is 32.2. The van der Waals surface area contributed by atoms with Crippen molar-refractivity contribution in [2.75, 3.05) is 38.5 Å². The highest BCUT2D eigenvalue weighted by molar-refractivity contribution is 7.92. The molecule has 2 aromatic carbocycles. The minimum Gasteiger partial charge on any atom is -0.495 e. The zero-order chi connectivity index (χ0) is 21.6. The predicted octanol–water partition coefficient (Wildman–Crippen LogP) is 2.87. The number of amides is 1. The molecule has 0 spiro atoms. The van der Waals surface area contributed by atoms with Gasteiger partial charge in [-0.3, -0.25) is 9.52 Å². The van der Waals surface area contributed by atoms with Crippen LogP contribution in [0.4, 0.5) is 11.4 Å². The number of methoxy groups -OCH3 is 4. The number of benzene rings is 2. The maximum atomic E-state index is 12.9. The number of sulfonamides is 1. The average Bonchev–Trinajstić information content (AvgIpc) is 2.72. The van der Waals surface area contributed by atoms with Gasteiger partial charge in [-0.15, -0.1) is 0 Å². The molecule has 0 saturated heterocycles. The first kappa shape index (κ1) is 22.2. The lowest BCUT2D eigenvalue weighted by molar-refractivity contribution is -0.115. The van der Waals surface area contributed by atoms with Crippen LogP contribution in [-0.2, 0) is 14.8 Å². The van der Waals surface area contributed by atoms with E-state index in [0.29, 0.717) is 11.4 Å². The van der Waals surface area contributed by atoms with Crippen LogP contribution in [0.3, 0.4) is 0 Å². The van der Waals surface area contributed by atoms with Gasteiger partial charge in [0.25, 0.3) is 10.0 Å². The van der Waals surface area contributed by atoms with Gasteiger partial charge in [0.05, 0.1) is 44.7 Å². The van der Waals surface area contributed by atoms with Crippen molar-refractivity contribution in [3.05, 3.63) is 30.3 Å². The number of rotatable bonds is 9. The maximum absolute atomic E-state index is 12.9. The Labute approximate surface area is 170 Å². The van der Waals surface area contributed by atoms with Crippen molar-refractivity contribution in [3.63, 3.8) is 0 Å². The quantitative estimate of drug-likeness (QED) is 0.636. The molecule has 0 unspecified atom stereocenters. The van der Waals surface area contributed by atoms with Crippen LogP contribution in [0.1, 0.15) is 13.3 Å². The van der Waals surface area contributed by atoms with Crippen molar-refractivity contribution in [2.24, 2.45) is 0 Å². The number of carbonyl (C=O) groups excluding carboxylic acids is 1. The van der Waals surface area contributed by atoms with Crippen LogP contribution >= 0.6 is 0 Å². The molecule has 0 aromatic heterocycles. The van der Waals surface area contributed by atoms with E-state index in [2.05, 4.69) is 10.0 Å². The minimum atomic E-state index is -3.99. The number of hydrogen-bond donors (Lipinski definition) is 2. The van der Waals surface area contributed by atoms with Crippen molar-refractivity contribution in [3.8, 4) is 23.0 Å². The van der Waals surface area contributed by atoms with Crippen LogP contribution in [0.2, 0.25) is 0 Å². The first-order chi connectivity index (χ1) is 13.8. The summed E-state index contributed by atoms with van der Waals surface area (Å²) in [6.45, 7) is 1.71. The van der Waals surface area contributed by atoms with Gasteiger partial charge in [-0.05, 0) is 18.2 Å². The molecule has 0 aliphatic heterocycles. The molecule has 0 heterocycles. The Kier molecular flexibility index (Phi) is 7.16. The third kappa shape index (κ3) is 5.02. The average molecular weight is 424 g/mol. The van der Waals surface area contributed by atoms with E-state index in [9.17, 15) is 13.2 Å². The first-order valence-corrected chi connectivity index (χ1v) is 10.1. The van der Waals surface area contributed by atoms with E-state index in [1.54, 1.807) is 13.0 Å². The Hall–Kier alpha value is -3.14. The molecule has 2 N–H and O–H groups in total. The van der Waals surface area contributed by atoms with Crippen molar-refractivity contribution in [2.45, 2.75) is 18.2 Å². The van der Waals surface area contributed by atoms with E-state index in [-0.39, 0.29) is 40.2 Å². The van der Waals surface area contributed by atoms with Gasteiger partial charge in [0.15, 0.2) is 11.5 Å². The molecule has 10 heteroatoms. The van der Waals surface area contributed by atoms with Gasteiger partial charge in [0.1, 0.15) is 5.75 Å². The highest BCUT2D eigenvalue weighted by Crippen LogP contribution is 2.40. The van der Waals surface area contributed by atoms with Crippen molar-refractivity contribution >= 4 is 27.3 Å². The molecule has 0 saturated carbocycles. The summed E-state index contributed by atoms with van der Waals surface area (Å²) in [6, 6.07) is 7.20. The van der Waals surface area contributed by atoms with Gasteiger partial charge in [-0.1, -0.05) is 6.92 Å². The van der Waals surface area contributed by atoms with Crippen LogP contribution in [-0.4, -0.2) is 42.8 Å². The lowest BCUT2D eigenvalue weighted by Crippen LogP contribution is -2.15. The Balaban J connectivity index is 2.43. The molecule has 0 radical (unpaired) electrons. The second-order valence-electron chi connectivity index (χ2n) is 5.78. The van der Waals surface area contributed by atoms with E-state index in [1.807, 2.05) is 0 Å². The van der Waals surface area contributed by atoms with E-state index in [4.69, 9.17) is 18.9 Å². The Morgan fingerprint density at radius 1 is 0.897 bits per heavy atom. The summed E-state index contributed by atoms with van der Waals surface area (Å²) in [5.41, 5.74) is 0.593. The van der Waals surface area contributed by atoms with E-state index >= 15 is 0 Å². The second-order valence-corrected chi connectivity index (χ2v) is 7.47. The van der Waals surface area contributed by atoms with Crippen molar-refractivity contribution < 1.29 is 32.2 Å². The van der Waals surface area contributed by atoms with E-state index < -0.39 is 10.0 Å². The SMILES string of the molecule is CCC(=O)Nc1cc(NS(=O)(=O)c2cc(OC)c(OC)c(OC)c2)ccc1OC. The zero-order valence-electron chi connectivity index (χ0n) is 16.9. The molecule has 0 atom stereocenters. The number of carbonyl (C=O) groups is 1. The second kappa shape index (κ2) is 9.37. The lowest BCUT2D eigenvalue weighted by Gasteiger charge is -2.16. The summed E-state index contributed by atoms with van der Waals surface area (Å²) in [5.74, 6) is 0.870. The molecule has 0 aliphatic carbocycles. The van der Waals surface area contributed by atoms with Crippen LogP contribution in [0, 0.1) is 0 Å². The summed E-state index contributed by atoms with van der Waals surface area (Å²) >= 11 is 0. The molecule has 158 valence electrons. The zero-order valence-corrected chi connectivity index (χ0v) is 17.7. The number of hydrogen-bond acceptors (Lipinski definition) is 7. The molecule has 1 amide bonds. The molecule has 29 heavy (non-hydrogen) atoms. The molecule has 0 bridgehead atoms. The van der Waals surface area contributed by atoms with Gasteiger partial charge in [0.2, 0.25) is 11.7 Å². The number of anilines is 2. The minimum absolute atomic E-state index is 0.0815. The van der Waals surface area contributed by atoms with Gasteiger partial charge in [0, 0.05) is 18.6 Å². The summed E-state index contributed by atoms with van der Waals surface area (Å²) in [6.07, 6.45) is 0.268. The van der Waals surface area contributed by atoms with Crippen LogP contribution in [0.15, 0.2) is 35.2 Å². The van der Waals surface area contributed by atoms with Gasteiger partial charge >= 0.3 is 0 Å². The fourth-order valence-corrected chi connectivity index (χ4v) is 3.61. The fraction of sp³-hybridized carbons (Fsp3) is 0.316. The molecule has 0 fully saturated rings. The lowest BCUT2D eigenvalue weighted by atomic mass is 10.2. The molecule has 9 nitrogen and oxygen atoms in total. The van der Waals surface area contributed by atoms with Crippen LogP contribution in [0.5, 0.6) is 23.0 Å². The monoisotopic (exact) mass is 424 g/mol. The standard InChI is InChI=1S/C19H24N2O7S/c1-6-18(22)20-14-9-12(7-8-15(14)25-2)21-29(23,24)13-10-16(26-3)19(28-5)17(11-13)27-4/h7-11,21H,6H2,1-5H3,(H,20,22). The van der Waals surface area contributed by atoms with Crippen molar-refractivity contribution in [1.82, 2.24) is 0 Å². The van der Waals surface area contributed by atoms with Gasteiger partial charge in [-0.2, -0.15) is 0 Å². The van der Waals surface area contributed by atoms with Gasteiger partial charge in [-0.25, -0.2) is 8.42 Å². The molecule has 0 aliphatic rings. The topological polar surface area (TPSA) is 112 Å². The third-order valence-electron chi connectivity index (χ3n) is 4.00. The van der Waals surface area contributed by atoms with Crippen LogP contribution in [0.25, 0.3) is 0 Å². The number of nitrogens with one attached hydrogen (secondary N) is 2. The normalized spacial score (nSPS) is 10.8. The summed E-state index contributed by atoms with van der Waals surface area (Å²) < 4.78 is 49.1. The fourth-order valence-electron chi connectivity index (χ4n) is 2.53. The summed E-state index contributed by atoms with van der Waals surface area (Å²) in [4.78, 5) is 11.6. The molecular weight excluding hydrogens is 400 g/mol. The maximum Gasteiger partial charge on any atom is 0.262 e. The highest BCUT2D eigenvalue weighted by Gasteiger charge is 2.22. The van der Waals surface area contributed by atoms with Crippen LogP contribution < -0.4 is 29.0 Å². The number of ether oxygens (including phenoxy) is 4. The Morgan fingerprint density at radius 3 is 1.97 bits per heavy atom. The van der Waals surface area contributed by atoms with Crippen molar-refractivity contribution in [1.29, 1.82) is 0 Å². The Bertz CT molecular complexity index is 965. The third-order valence-corrected chi connectivity index (χ3v) is 5.36.